The van der Waals surface area contributed by atoms with E-state index in [0.717, 1.165) is 10.2 Å². The molecule has 0 aromatic heterocycles. The van der Waals surface area contributed by atoms with Crippen LogP contribution in [0.25, 0.3) is 0 Å². The maximum atomic E-state index is 12.4. The second-order valence-corrected chi connectivity index (χ2v) is 7.01. The summed E-state index contributed by atoms with van der Waals surface area (Å²) >= 11 is 3.39. The summed E-state index contributed by atoms with van der Waals surface area (Å²) in [4.78, 5) is 28.4. The number of piperazine rings is 1. The van der Waals surface area contributed by atoms with Crippen molar-refractivity contribution in [3.8, 4) is 5.75 Å². The summed E-state index contributed by atoms with van der Waals surface area (Å²) in [6.07, 6.45) is 0.332. The molecule has 0 spiro atoms. The smallest absolute Gasteiger partial charge is 0.253 e. The number of halogens is 1. The van der Waals surface area contributed by atoms with Gasteiger partial charge in [0.05, 0.1) is 13.0 Å². The largest absolute Gasteiger partial charge is 0.493 e. The summed E-state index contributed by atoms with van der Waals surface area (Å²) in [5.74, 6) is 0.827. The average Bonchev–Trinajstić information content (AvgIpc) is 2.68. The molecule has 1 saturated heterocycles. The van der Waals surface area contributed by atoms with E-state index < -0.39 is 0 Å². The van der Waals surface area contributed by atoms with Gasteiger partial charge in [0.1, 0.15) is 5.75 Å². The number of ether oxygens (including phenoxy) is 1. The van der Waals surface area contributed by atoms with Crippen molar-refractivity contribution in [2.24, 2.45) is 0 Å². The van der Waals surface area contributed by atoms with Gasteiger partial charge in [0.2, 0.25) is 5.91 Å². The van der Waals surface area contributed by atoms with E-state index in [1.54, 1.807) is 9.80 Å². The van der Waals surface area contributed by atoms with Crippen molar-refractivity contribution in [2.75, 3.05) is 32.8 Å². The van der Waals surface area contributed by atoms with Crippen molar-refractivity contribution >= 4 is 27.7 Å². The highest BCUT2D eigenvalue weighted by Crippen LogP contribution is 2.18. The molecule has 0 radical (unpaired) electrons. The molecule has 1 heterocycles. The Labute approximate surface area is 161 Å². The van der Waals surface area contributed by atoms with Crippen LogP contribution in [0.1, 0.15) is 16.8 Å². The van der Waals surface area contributed by atoms with Gasteiger partial charge in [0.25, 0.3) is 5.91 Å². The van der Waals surface area contributed by atoms with Crippen LogP contribution in [-0.2, 0) is 4.79 Å². The molecule has 1 fully saturated rings. The molecule has 26 heavy (non-hydrogen) atoms. The number of carbonyl (C=O) groups excluding carboxylic acids is 2. The van der Waals surface area contributed by atoms with Crippen LogP contribution in [0.15, 0.2) is 59.1 Å². The Kier molecular flexibility index (Phi) is 6.28. The van der Waals surface area contributed by atoms with Gasteiger partial charge in [-0.3, -0.25) is 9.59 Å². The summed E-state index contributed by atoms with van der Waals surface area (Å²) in [6.45, 7) is 2.60. The Morgan fingerprint density at radius 1 is 0.923 bits per heavy atom. The Balaban J connectivity index is 1.43. The molecule has 5 nitrogen and oxygen atoms in total. The van der Waals surface area contributed by atoms with Gasteiger partial charge in [-0.05, 0) is 30.3 Å². The van der Waals surface area contributed by atoms with E-state index in [9.17, 15) is 9.59 Å². The zero-order chi connectivity index (χ0) is 18.4. The second-order valence-electron chi connectivity index (χ2n) is 6.09. The van der Waals surface area contributed by atoms with Crippen molar-refractivity contribution in [2.45, 2.75) is 6.42 Å². The fraction of sp³-hybridized carbons (Fsp3) is 0.300. The van der Waals surface area contributed by atoms with E-state index in [0.29, 0.717) is 44.8 Å². The van der Waals surface area contributed by atoms with E-state index in [1.165, 1.54) is 0 Å². The molecule has 0 N–H and O–H groups in total. The van der Waals surface area contributed by atoms with E-state index in [4.69, 9.17) is 4.74 Å². The first-order valence-corrected chi connectivity index (χ1v) is 9.43. The third-order valence-electron chi connectivity index (χ3n) is 4.32. The number of benzene rings is 2. The summed E-state index contributed by atoms with van der Waals surface area (Å²) in [6, 6.07) is 16.8. The molecule has 0 aliphatic carbocycles. The van der Waals surface area contributed by atoms with Crippen molar-refractivity contribution in [1.29, 1.82) is 0 Å². The monoisotopic (exact) mass is 416 g/mol. The van der Waals surface area contributed by atoms with E-state index >= 15 is 0 Å². The minimum Gasteiger partial charge on any atom is -0.493 e. The molecule has 1 aliphatic rings. The molecule has 1 aliphatic heterocycles. The van der Waals surface area contributed by atoms with Gasteiger partial charge in [-0.15, -0.1) is 0 Å². The fourth-order valence-corrected chi connectivity index (χ4v) is 3.27. The molecule has 0 bridgehead atoms. The molecule has 3 rings (SSSR count). The van der Waals surface area contributed by atoms with Crippen molar-refractivity contribution in [3.05, 3.63) is 64.6 Å². The second kappa shape index (κ2) is 8.85. The summed E-state index contributed by atoms with van der Waals surface area (Å²) < 4.78 is 6.57. The van der Waals surface area contributed by atoms with Gasteiger partial charge >= 0.3 is 0 Å². The lowest BCUT2D eigenvalue weighted by Crippen LogP contribution is -2.50. The number of hydrogen-bond donors (Lipinski definition) is 0. The van der Waals surface area contributed by atoms with Crippen LogP contribution >= 0.6 is 15.9 Å². The van der Waals surface area contributed by atoms with Crippen LogP contribution in [0.3, 0.4) is 0 Å². The van der Waals surface area contributed by atoms with Crippen LogP contribution in [0, 0.1) is 0 Å². The van der Waals surface area contributed by atoms with Crippen LogP contribution in [0.4, 0.5) is 0 Å². The first-order chi connectivity index (χ1) is 12.6. The fourth-order valence-electron chi connectivity index (χ4n) is 2.89. The maximum absolute atomic E-state index is 12.4. The molecule has 2 aromatic rings. The lowest BCUT2D eigenvalue weighted by atomic mass is 10.2. The van der Waals surface area contributed by atoms with Gasteiger partial charge in [0.15, 0.2) is 0 Å². The van der Waals surface area contributed by atoms with E-state index in [1.807, 2.05) is 54.6 Å². The predicted octanol–water partition coefficient (Wildman–Crippen LogP) is 3.20. The van der Waals surface area contributed by atoms with Gasteiger partial charge in [-0.1, -0.05) is 40.2 Å². The third-order valence-corrected chi connectivity index (χ3v) is 4.81. The zero-order valence-corrected chi connectivity index (χ0v) is 16.0. The van der Waals surface area contributed by atoms with Crippen LogP contribution in [-0.4, -0.2) is 54.4 Å². The Morgan fingerprint density at radius 2 is 1.62 bits per heavy atom. The van der Waals surface area contributed by atoms with Gasteiger partial charge in [-0.2, -0.15) is 0 Å². The Hall–Kier alpha value is -2.34. The Morgan fingerprint density at radius 3 is 2.31 bits per heavy atom. The predicted molar refractivity (Wildman–Crippen MR) is 103 cm³/mol. The number of hydrogen-bond acceptors (Lipinski definition) is 3. The number of carbonyl (C=O) groups is 2. The number of rotatable bonds is 5. The molecular formula is C20H21BrN2O3. The third kappa shape index (κ3) is 4.85. The molecule has 0 atom stereocenters. The maximum Gasteiger partial charge on any atom is 0.253 e. The molecule has 2 aromatic carbocycles. The van der Waals surface area contributed by atoms with Gasteiger partial charge in [0, 0.05) is 36.2 Å². The first-order valence-electron chi connectivity index (χ1n) is 8.64. The molecule has 0 saturated carbocycles. The summed E-state index contributed by atoms with van der Waals surface area (Å²) in [5.41, 5.74) is 0.690. The Bertz CT molecular complexity index is 759. The molecular weight excluding hydrogens is 396 g/mol. The highest BCUT2D eigenvalue weighted by molar-refractivity contribution is 9.10. The molecule has 0 unspecified atom stereocenters. The lowest BCUT2D eigenvalue weighted by Gasteiger charge is -2.34. The van der Waals surface area contributed by atoms with E-state index in [-0.39, 0.29) is 11.8 Å². The van der Waals surface area contributed by atoms with Gasteiger partial charge in [-0.25, -0.2) is 0 Å². The quantitative estimate of drug-likeness (QED) is 0.751. The normalized spacial score (nSPS) is 14.2. The number of nitrogens with zero attached hydrogens (tertiary/aromatic N) is 2. The minimum atomic E-state index is 0.0238. The van der Waals surface area contributed by atoms with Crippen LogP contribution < -0.4 is 4.74 Å². The average molecular weight is 417 g/mol. The highest BCUT2D eigenvalue weighted by Gasteiger charge is 2.24. The van der Waals surface area contributed by atoms with E-state index in [2.05, 4.69) is 15.9 Å². The number of amides is 2. The van der Waals surface area contributed by atoms with Crippen LogP contribution in [0.2, 0.25) is 0 Å². The lowest BCUT2D eigenvalue weighted by molar-refractivity contribution is -0.133. The first kappa shape index (κ1) is 18.5. The van der Waals surface area contributed by atoms with Crippen molar-refractivity contribution in [3.63, 3.8) is 0 Å². The minimum absolute atomic E-state index is 0.0238. The standard InChI is InChI=1S/C20H21BrN2O3/c21-17-7-4-8-18(15-17)26-14-9-19(24)22-10-12-23(13-11-22)20(25)16-5-2-1-3-6-16/h1-8,15H,9-14H2. The van der Waals surface area contributed by atoms with Crippen molar-refractivity contribution < 1.29 is 14.3 Å². The summed E-state index contributed by atoms with van der Waals surface area (Å²) in [5, 5.41) is 0. The van der Waals surface area contributed by atoms with Gasteiger partial charge < -0.3 is 14.5 Å². The summed E-state index contributed by atoms with van der Waals surface area (Å²) in [7, 11) is 0. The van der Waals surface area contributed by atoms with Crippen molar-refractivity contribution in [1.82, 2.24) is 9.80 Å². The highest BCUT2D eigenvalue weighted by atomic mass is 79.9. The van der Waals surface area contributed by atoms with Crippen LogP contribution in [0.5, 0.6) is 5.75 Å². The SMILES string of the molecule is O=C(CCOc1cccc(Br)c1)N1CCN(C(=O)c2ccccc2)CC1. The topological polar surface area (TPSA) is 49.9 Å². The molecule has 6 heteroatoms. The molecule has 2 amide bonds. The molecule has 136 valence electrons. The zero-order valence-electron chi connectivity index (χ0n) is 14.4.